The van der Waals surface area contributed by atoms with Gasteiger partial charge >= 0.3 is 0 Å². The average Bonchev–Trinajstić information content (AvgIpc) is 3.02. The first-order valence-electron chi connectivity index (χ1n) is 7.30. The zero-order valence-corrected chi connectivity index (χ0v) is 14.6. The van der Waals surface area contributed by atoms with Crippen molar-refractivity contribution < 1.29 is 9.64 Å². The molecule has 0 bridgehead atoms. The highest BCUT2D eigenvalue weighted by molar-refractivity contribution is 9.10. The van der Waals surface area contributed by atoms with Crippen LogP contribution in [0.4, 0.5) is 0 Å². The minimum absolute atomic E-state index is 0.854. The first-order valence-corrected chi connectivity index (χ1v) is 8.91. The van der Waals surface area contributed by atoms with E-state index in [1.807, 2.05) is 6.20 Å². The predicted octanol–water partition coefficient (Wildman–Crippen LogP) is 3.01. The normalized spacial score (nSPS) is 16.8. The molecule has 114 valence electrons. The lowest BCUT2D eigenvalue weighted by Crippen LogP contribution is -3.09. The van der Waals surface area contributed by atoms with Crippen molar-refractivity contribution in [1.29, 1.82) is 0 Å². The van der Waals surface area contributed by atoms with Crippen LogP contribution in [0.2, 0.25) is 0 Å². The Morgan fingerprint density at radius 2 is 1.91 bits per heavy atom. The van der Waals surface area contributed by atoms with Gasteiger partial charge < -0.3 is 9.64 Å². The quantitative estimate of drug-likeness (QED) is 0.828. The molecule has 22 heavy (non-hydrogen) atoms. The van der Waals surface area contributed by atoms with Gasteiger partial charge in [0.15, 0.2) is 0 Å². The van der Waals surface area contributed by atoms with Crippen LogP contribution in [0.15, 0.2) is 53.3 Å². The highest BCUT2D eigenvalue weighted by Gasteiger charge is 2.09. The molecule has 2 heterocycles. The topological polar surface area (TPSA) is 26.6 Å². The van der Waals surface area contributed by atoms with Crippen molar-refractivity contribution in [2.24, 2.45) is 0 Å². The van der Waals surface area contributed by atoms with Gasteiger partial charge in [0.2, 0.25) is 0 Å². The second-order valence-electron chi connectivity index (χ2n) is 5.06. The van der Waals surface area contributed by atoms with Crippen LogP contribution in [0.5, 0.6) is 0 Å². The maximum Gasteiger partial charge on any atom is 0.116 e. The molecule has 1 aromatic heterocycles. The first kappa shape index (κ1) is 15.6. The second-order valence-corrected chi connectivity index (χ2v) is 7.04. The Balaban J connectivity index is 1.60. The molecule has 0 atom stereocenters. The second kappa shape index (κ2) is 7.83. The van der Waals surface area contributed by atoms with Gasteiger partial charge in [0.25, 0.3) is 0 Å². The van der Waals surface area contributed by atoms with E-state index in [0.29, 0.717) is 0 Å². The predicted molar refractivity (Wildman–Crippen MR) is 94.9 cm³/mol. The molecule has 5 heteroatoms. The first-order chi connectivity index (χ1) is 10.8. The zero-order chi connectivity index (χ0) is 15.2. The summed E-state index contributed by atoms with van der Waals surface area (Å²) < 4.78 is 6.44. The molecule has 0 aliphatic carbocycles. The van der Waals surface area contributed by atoms with E-state index in [4.69, 9.17) is 4.74 Å². The van der Waals surface area contributed by atoms with Gasteiger partial charge in [0, 0.05) is 10.7 Å². The van der Waals surface area contributed by atoms with Crippen LogP contribution >= 0.6 is 27.3 Å². The Hall–Kier alpha value is -1.27. The van der Waals surface area contributed by atoms with Crippen LogP contribution < -0.4 is 4.90 Å². The van der Waals surface area contributed by atoms with Crippen molar-refractivity contribution >= 4 is 33.3 Å². The lowest BCUT2D eigenvalue weighted by atomic mass is 10.2. The van der Waals surface area contributed by atoms with E-state index in [-0.39, 0.29) is 0 Å². The summed E-state index contributed by atoms with van der Waals surface area (Å²) in [5.74, 6) is 0. The van der Waals surface area contributed by atoms with E-state index < -0.39 is 0 Å². The molecule has 1 aliphatic heterocycles. The summed E-state index contributed by atoms with van der Waals surface area (Å²) in [6, 6.07) is 8.32. The fourth-order valence-corrected chi connectivity index (χ4v) is 3.34. The summed E-state index contributed by atoms with van der Waals surface area (Å²) in [7, 11) is 0. The Bertz CT molecular complexity index is 658. The third-order valence-corrected chi connectivity index (χ3v) is 5.01. The molecule has 3 nitrogen and oxygen atoms in total. The van der Waals surface area contributed by atoms with Crippen molar-refractivity contribution in [3.63, 3.8) is 0 Å². The number of morpholine rings is 1. The van der Waals surface area contributed by atoms with Gasteiger partial charge in [-0.3, -0.25) is 0 Å². The zero-order valence-electron chi connectivity index (χ0n) is 12.2. The lowest BCUT2D eigenvalue weighted by molar-refractivity contribution is -0.856. The van der Waals surface area contributed by atoms with Gasteiger partial charge in [0.1, 0.15) is 18.1 Å². The molecule has 0 amide bonds. The van der Waals surface area contributed by atoms with Gasteiger partial charge in [-0.25, -0.2) is 4.98 Å². The summed E-state index contributed by atoms with van der Waals surface area (Å²) in [6.45, 7) is 3.81. The monoisotopic (exact) mass is 377 g/mol. The van der Waals surface area contributed by atoms with Gasteiger partial charge in [0.05, 0.1) is 24.3 Å². The fraction of sp³-hybridized carbons (Fsp3) is 0.235. The molecule has 0 radical (unpaired) electrons. The Morgan fingerprint density at radius 1 is 1.14 bits per heavy atom. The number of nitrogens with zero attached hydrogens (tertiary/aromatic N) is 1. The van der Waals surface area contributed by atoms with E-state index in [0.717, 1.165) is 35.8 Å². The summed E-state index contributed by atoms with van der Waals surface area (Å²) in [4.78, 5) is 7.11. The number of hydrogen-bond donors (Lipinski definition) is 1. The molecular weight excluding hydrogens is 360 g/mol. The molecular formula is C17H18BrN2OS+. The molecule has 0 unspecified atom stereocenters. The van der Waals surface area contributed by atoms with Crippen molar-refractivity contribution in [2.45, 2.75) is 0 Å². The van der Waals surface area contributed by atoms with E-state index in [1.54, 1.807) is 11.3 Å². The van der Waals surface area contributed by atoms with Gasteiger partial charge in [-0.2, -0.15) is 0 Å². The van der Waals surface area contributed by atoms with Gasteiger partial charge in [-0.05, 0) is 29.8 Å². The van der Waals surface area contributed by atoms with Crippen molar-refractivity contribution in [1.82, 2.24) is 4.98 Å². The summed E-state index contributed by atoms with van der Waals surface area (Å²) >= 11 is 5.16. The van der Waals surface area contributed by atoms with E-state index in [1.165, 1.54) is 15.3 Å². The van der Waals surface area contributed by atoms with E-state index >= 15 is 0 Å². The number of benzene rings is 1. The van der Waals surface area contributed by atoms with Crippen molar-refractivity contribution in [3.8, 4) is 10.4 Å². The molecule has 3 rings (SSSR count). The van der Waals surface area contributed by atoms with Crippen LogP contribution in [0.3, 0.4) is 0 Å². The Kier molecular flexibility index (Phi) is 5.56. The molecule has 1 aromatic carbocycles. The minimum atomic E-state index is 0.854. The largest absolute Gasteiger partial charge is 0.370 e. The number of rotatable bonds is 4. The molecule has 1 fully saturated rings. The number of quaternary nitrogens is 1. The number of aromatic nitrogens is 1. The van der Waals surface area contributed by atoms with Crippen molar-refractivity contribution in [2.75, 3.05) is 26.3 Å². The molecule has 0 saturated carbocycles. The van der Waals surface area contributed by atoms with Crippen LogP contribution in [0, 0.1) is 0 Å². The average molecular weight is 378 g/mol. The maximum atomic E-state index is 5.34. The number of nitrogens with one attached hydrogen (secondary N) is 1. The highest BCUT2D eigenvalue weighted by atomic mass is 79.9. The van der Waals surface area contributed by atoms with E-state index in [9.17, 15) is 0 Å². The summed E-state index contributed by atoms with van der Waals surface area (Å²) in [5, 5.41) is 1.03. The van der Waals surface area contributed by atoms with Crippen LogP contribution in [0.25, 0.3) is 16.5 Å². The molecule has 1 N–H and O–H groups in total. The number of allylic oxidation sites excluding steroid dienone is 2. The smallest absolute Gasteiger partial charge is 0.116 e. The standard InChI is InChI=1S/C17H17BrN2OS/c18-15-6-4-14(5-7-15)16-13-19-17(22-16)3-1-2-8-20-9-11-21-12-10-20/h1-8,13H,9-12H2/p+1/b3-1+,8-2+. The summed E-state index contributed by atoms with van der Waals surface area (Å²) in [6.07, 6.45) is 10.4. The number of ether oxygens (including phenoxy) is 1. The lowest BCUT2D eigenvalue weighted by Gasteiger charge is -2.19. The molecule has 2 aromatic rings. The molecule has 0 spiro atoms. The highest BCUT2D eigenvalue weighted by Crippen LogP contribution is 2.27. The number of halogens is 1. The van der Waals surface area contributed by atoms with Gasteiger partial charge in [-0.1, -0.05) is 34.1 Å². The summed E-state index contributed by atoms with van der Waals surface area (Å²) in [5.41, 5.74) is 1.20. The third-order valence-electron chi connectivity index (χ3n) is 3.47. The molecule has 1 saturated heterocycles. The van der Waals surface area contributed by atoms with Crippen LogP contribution in [-0.4, -0.2) is 31.3 Å². The Morgan fingerprint density at radius 3 is 2.68 bits per heavy atom. The number of hydrogen-bond acceptors (Lipinski definition) is 3. The van der Waals surface area contributed by atoms with Crippen LogP contribution in [-0.2, 0) is 4.74 Å². The SMILES string of the molecule is Brc1ccc(-c2cnc(/C=C/C=C/[NH+]3CCOCC3)s2)cc1. The fourth-order valence-electron chi connectivity index (χ4n) is 2.24. The maximum absolute atomic E-state index is 5.34. The Labute approximate surface area is 143 Å². The molecule has 1 aliphatic rings. The number of thiazole rings is 1. The van der Waals surface area contributed by atoms with Gasteiger partial charge in [-0.15, -0.1) is 11.3 Å². The van der Waals surface area contributed by atoms with Crippen molar-refractivity contribution in [3.05, 3.63) is 58.3 Å². The van der Waals surface area contributed by atoms with E-state index in [2.05, 4.69) is 69.6 Å². The van der Waals surface area contributed by atoms with Crippen LogP contribution in [0.1, 0.15) is 5.01 Å². The third kappa shape index (κ3) is 4.36. The minimum Gasteiger partial charge on any atom is -0.370 e.